The van der Waals surface area contributed by atoms with Crippen LogP contribution in [0.1, 0.15) is 85.5 Å². The van der Waals surface area contributed by atoms with Gasteiger partial charge in [0.25, 0.3) is 5.97 Å². The van der Waals surface area contributed by atoms with Crippen molar-refractivity contribution >= 4 is 0 Å². The van der Waals surface area contributed by atoms with Crippen molar-refractivity contribution in [3.63, 3.8) is 0 Å². The molecule has 0 fully saturated rings. The minimum atomic E-state index is -0.878. The summed E-state index contributed by atoms with van der Waals surface area (Å²) in [6.07, 6.45) is 10.9. The second kappa shape index (κ2) is 18.2. The Kier molecular flexibility index (Phi) is 18.0. The average molecular weight is 375 g/mol. The molecule has 0 aliphatic rings. The molecular weight excluding hydrogens is 328 g/mol. The van der Waals surface area contributed by atoms with Crippen LogP contribution in [-0.4, -0.2) is 45.4 Å². The first-order chi connectivity index (χ1) is 12.7. The summed E-state index contributed by atoms with van der Waals surface area (Å²) in [5, 5.41) is 3.39. The molecule has 0 bridgehead atoms. The molecule has 1 atom stereocenters. The van der Waals surface area contributed by atoms with Crippen LogP contribution in [0.5, 0.6) is 0 Å². The SMILES string of the molecule is CCCCCCCC(CCCNCCN)CC(OCC)(OCC)OCC. The van der Waals surface area contributed by atoms with Gasteiger partial charge < -0.3 is 25.3 Å². The van der Waals surface area contributed by atoms with Crippen molar-refractivity contribution in [1.82, 2.24) is 5.32 Å². The predicted octanol–water partition coefficient (Wildman–Crippen LogP) is 4.45. The molecule has 0 amide bonds. The molecule has 0 aromatic rings. The topological polar surface area (TPSA) is 65.7 Å². The second-order valence-electron chi connectivity index (χ2n) is 6.94. The molecule has 0 aromatic heterocycles. The van der Waals surface area contributed by atoms with Crippen LogP contribution in [0.4, 0.5) is 0 Å². The van der Waals surface area contributed by atoms with Gasteiger partial charge in [0, 0.05) is 39.3 Å². The van der Waals surface area contributed by atoms with Crippen LogP contribution in [0.25, 0.3) is 0 Å². The van der Waals surface area contributed by atoms with E-state index in [-0.39, 0.29) is 0 Å². The van der Waals surface area contributed by atoms with Gasteiger partial charge in [-0.05, 0) is 46.1 Å². The molecule has 3 N–H and O–H groups in total. The third-order valence-corrected chi connectivity index (χ3v) is 4.63. The van der Waals surface area contributed by atoms with E-state index >= 15 is 0 Å². The van der Waals surface area contributed by atoms with Gasteiger partial charge in [-0.3, -0.25) is 0 Å². The largest absolute Gasteiger partial charge is 0.329 e. The number of nitrogens with two attached hydrogens (primary N) is 1. The van der Waals surface area contributed by atoms with Gasteiger partial charge in [-0.1, -0.05) is 45.4 Å². The third-order valence-electron chi connectivity index (χ3n) is 4.63. The van der Waals surface area contributed by atoms with Crippen molar-refractivity contribution in [2.24, 2.45) is 11.7 Å². The molecule has 5 nitrogen and oxygen atoms in total. The van der Waals surface area contributed by atoms with Crippen molar-refractivity contribution < 1.29 is 14.2 Å². The van der Waals surface area contributed by atoms with Crippen LogP contribution in [0.3, 0.4) is 0 Å². The van der Waals surface area contributed by atoms with E-state index in [2.05, 4.69) is 12.2 Å². The molecule has 0 saturated carbocycles. The molecule has 0 heterocycles. The normalized spacial score (nSPS) is 13.3. The van der Waals surface area contributed by atoms with Crippen LogP contribution >= 0.6 is 0 Å². The van der Waals surface area contributed by atoms with Crippen molar-refractivity contribution in [2.75, 3.05) is 39.5 Å². The Bertz CT molecular complexity index is 259. The summed E-state index contributed by atoms with van der Waals surface area (Å²) in [6.45, 7) is 12.7. The lowest BCUT2D eigenvalue weighted by Crippen LogP contribution is -2.41. The van der Waals surface area contributed by atoms with Crippen LogP contribution in [-0.2, 0) is 14.2 Å². The van der Waals surface area contributed by atoms with Gasteiger partial charge in [-0.2, -0.15) is 0 Å². The molecule has 0 aromatic carbocycles. The van der Waals surface area contributed by atoms with E-state index in [0.29, 0.717) is 32.3 Å². The van der Waals surface area contributed by atoms with Crippen LogP contribution in [0.15, 0.2) is 0 Å². The lowest BCUT2D eigenvalue weighted by molar-refractivity contribution is -0.384. The highest BCUT2D eigenvalue weighted by atomic mass is 16.9. The van der Waals surface area contributed by atoms with E-state index in [1.807, 2.05) is 20.8 Å². The molecule has 1 unspecified atom stereocenters. The van der Waals surface area contributed by atoms with Crippen LogP contribution < -0.4 is 11.1 Å². The van der Waals surface area contributed by atoms with Crippen LogP contribution in [0.2, 0.25) is 0 Å². The van der Waals surface area contributed by atoms with Crippen LogP contribution in [0, 0.1) is 5.92 Å². The Morgan fingerprint density at radius 3 is 1.88 bits per heavy atom. The van der Waals surface area contributed by atoms with Crippen molar-refractivity contribution in [2.45, 2.75) is 91.5 Å². The maximum atomic E-state index is 5.95. The second-order valence-corrected chi connectivity index (χ2v) is 6.94. The first-order valence-electron chi connectivity index (χ1n) is 11.0. The summed E-state index contributed by atoms with van der Waals surface area (Å²) in [7, 11) is 0. The number of hydrogen-bond donors (Lipinski definition) is 2. The highest BCUT2D eigenvalue weighted by Gasteiger charge is 2.35. The van der Waals surface area contributed by atoms with E-state index in [1.165, 1.54) is 44.9 Å². The van der Waals surface area contributed by atoms with E-state index in [1.54, 1.807) is 0 Å². The molecule has 0 radical (unpaired) electrons. The Morgan fingerprint density at radius 2 is 1.35 bits per heavy atom. The molecule has 0 aliphatic heterocycles. The monoisotopic (exact) mass is 374 g/mol. The van der Waals surface area contributed by atoms with Crippen molar-refractivity contribution in [3.05, 3.63) is 0 Å². The minimum Gasteiger partial charge on any atom is -0.329 e. The maximum absolute atomic E-state index is 5.95. The number of rotatable bonds is 20. The molecule has 26 heavy (non-hydrogen) atoms. The quantitative estimate of drug-likeness (QED) is 0.243. The number of nitrogens with one attached hydrogen (secondary N) is 1. The zero-order valence-corrected chi connectivity index (χ0v) is 18.0. The Morgan fingerprint density at radius 1 is 0.769 bits per heavy atom. The maximum Gasteiger partial charge on any atom is 0.283 e. The van der Waals surface area contributed by atoms with Gasteiger partial charge in [-0.15, -0.1) is 0 Å². The molecule has 158 valence electrons. The molecule has 5 heteroatoms. The first kappa shape index (κ1) is 25.8. The number of ether oxygens (including phenoxy) is 3. The molecule has 0 rings (SSSR count). The van der Waals surface area contributed by atoms with Gasteiger partial charge in [0.05, 0.1) is 0 Å². The summed E-state index contributed by atoms with van der Waals surface area (Å²) >= 11 is 0. The fourth-order valence-corrected chi connectivity index (χ4v) is 3.44. The summed E-state index contributed by atoms with van der Waals surface area (Å²) in [6, 6.07) is 0. The lowest BCUT2D eigenvalue weighted by atomic mass is 9.91. The highest BCUT2D eigenvalue weighted by molar-refractivity contribution is 4.69. The van der Waals surface area contributed by atoms with Crippen molar-refractivity contribution in [3.8, 4) is 0 Å². The van der Waals surface area contributed by atoms with Gasteiger partial charge in [0.15, 0.2) is 0 Å². The van der Waals surface area contributed by atoms with E-state index in [4.69, 9.17) is 19.9 Å². The first-order valence-corrected chi connectivity index (χ1v) is 11.0. The van der Waals surface area contributed by atoms with Gasteiger partial charge >= 0.3 is 0 Å². The molecule has 0 spiro atoms. The van der Waals surface area contributed by atoms with E-state index < -0.39 is 5.97 Å². The lowest BCUT2D eigenvalue weighted by Gasteiger charge is -2.35. The number of hydrogen-bond acceptors (Lipinski definition) is 5. The third kappa shape index (κ3) is 13.0. The molecule has 0 aliphatic carbocycles. The molecule has 0 saturated heterocycles. The van der Waals surface area contributed by atoms with Gasteiger partial charge in [0.1, 0.15) is 0 Å². The summed E-state index contributed by atoms with van der Waals surface area (Å²) < 4.78 is 17.9. The average Bonchev–Trinajstić information content (AvgIpc) is 2.61. The zero-order valence-electron chi connectivity index (χ0n) is 18.0. The number of unbranched alkanes of at least 4 members (excludes halogenated alkanes) is 4. The Labute approximate surface area is 162 Å². The summed E-state index contributed by atoms with van der Waals surface area (Å²) in [5.41, 5.74) is 5.55. The fraction of sp³-hybridized carbons (Fsp3) is 1.00. The van der Waals surface area contributed by atoms with Gasteiger partial charge in [-0.25, -0.2) is 0 Å². The summed E-state index contributed by atoms with van der Waals surface area (Å²) in [5.74, 6) is -0.322. The highest BCUT2D eigenvalue weighted by Crippen LogP contribution is 2.31. The predicted molar refractivity (Wildman–Crippen MR) is 110 cm³/mol. The smallest absolute Gasteiger partial charge is 0.283 e. The standard InChI is InChI=1S/C21H46N2O3/c1-5-9-10-11-12-14-20(15-13-17-23-18-16-22)19-21(24-6-2,25-7-3)26-8-4/h20,23H,5-19,22H2,1-4H3. The van der Waals surface area contributed by atoms with Crippen molar-refractivity contribution in [1.29, 1.82) is 0 Å². The molecular formula is C21H46N2O3. The Hall–Kier alpha value is -0.200. The summed E-state index contributed by atoms with van der Waals surface area (Å²) in [4.78, 5) is 0. The van der Waals surface area contributed by atoms with E-state index in [0.717, 1.165) is 25.9 Å². The minimum absolute atomic E-state index is 0.556. The van der Waals surface area contributed by atoms with Gasteiger partial charge in [0.2, 0.25) is 0 Å². The zero-order chi connectivity index (χ0) is 19.5. The van der Waals surface area contributed by atoms with E-state index in [9.17, 15) is 0 Å². The fourth-order valence-electron chi connectivity index (χ4n) is 3.44. The Balaban J connectivity index is 4.66.